The van der Waals surface area contributed by atoms with Gasteiger partial charge in [-0.25, -0.2) is 8.78 Å². The molecule has 1 aromatic rings. The summed E-state index contributed by atoms with van der Waals surface area (Å²) in [7, 11) is 0. The van der Waals surface area contributed by atoms with Crippen LogP contribution in [0.15, 0.2) is 28.7 Å². The van der Waals surface area contributed by atoms with E-state index in [1.165, 1.54) is 0 Å². The summed E-state index contributed by atoms with van der Waals surface area (Å²) in [4.78, 5) is 3.89. The first-order chi connectivity index (χ1) is 9.54. The van der Waals surface area contributed by atoms with Gasteiger partial charge in [0.05, 0.1) is 12.6 Å². The van der Waals surface area contributed by atoms with Crippen LogP contribution in [0.1, 0.15) is 11.7 Å². The van der Waals surface area contributed by atoms with Gasteiger partial charge in [0, 0.05) is 37.2 Å². The van der Waals surface area contributed by atoms with E-state index in [-0.39, 0.29) is 6.54 Å². The number of benzene rings is 1. The fourth-order valence-electron chi connectivity index (χ4n) is 2.38. The summed E-state index contributed by atoms with van der Waals surface area (Å²) in [6.45, 7) is 3.11. The molecule has 20 heavy (non-hydrogen) atoms. The van der Waals surface area contributed by atoms with Gasteiger partial charge in [0.15, 0.2) is 0 Å². The number of aliphatic hydroxyl groups excluding tert-OH is 1. The highest BCUT2D eigenvalue weighted by Gasteiger charge is 2.21. The summed E-state index contributed by atoms with van der Waals surface area (Å²) in [5.74, 6) is 0. The van der Waals surface area contributed by atoms with Gasteiger partial charge in [-0.15, -0.1) is 0 Å². The number of rotatable bonds is 5. The van der Waals surface area contributed by atoms with Crippen molar-refractivity contribution in [2.24, 2.45) is 0 Å². The van der Waals surface area contributed by atoms with E-state index >= 15 is 0 Å². The topological polar surface area (TPSA) is 26.7 Å². The standard InChI is InChI=1S/C14H19BrF2N2O/c15-12-3-1-11(2-4-12)13(20)9-18-5-7-19(8-6-18)10-14(16)17/h1-4,13-14,20H,5-10H2/t13-/m1/s1. The Kier molecular flexibility index (Phi) is 5.89. The Morgan fingerprint density at radius 1 is 1.00 bits per heavy atom. The molecule has 0 amide bonds. The number of halogens is 3. The summed E-state index contributed by atoms with van der Waals surface area (Å²) >= 11 is 3.36. The Morgan fingerprint density at radius 3 is 2.00 bits per heavy atom. The van der Waals surface area contributed by atoms with Crippen molar-refractivity contribution in [2.75, 3.05) is 39.3 Å². The molecule has 2 rings (SSSR count). The van der Waals surface area contributed by atoms with E-state index in [4.69, 9.17) is 0 Å². The van der Waals surface area contributed by atoms with E-state index in [9.17, 15) is 13.9 Å². The maximum absolute atomic E-state index is 12.3. The zero-order chi connectivity index (χ0) is 14.5. The highest BCUT2D eigenvalue weighted by Crippen LogP contribution is 2.18. The van der Waals surface area contributed by atoms with Gasteiger partial charge in [-0.1, -0.05) is 28.1 Å². The minimum atomic E-state index is -2.27. The van der Waals surface area contributed by atoms with Crippen molar-refractivity contribution in [3.63, 3.8) is 0 Å². The fourth-order valence-corrected chi connectivity index (χ4v) is 2.65. The fraction of sp³-hybridized carbons (Fsp3) is 0.571. The summed E-state index contributed by atoms with van der Waals surface area (Å²) < 4.78 is 25.5. The van der Waals surface area contributed by atoms with Crippen molar-refractivity contribution in [1.82, 2.24) is 9.80 Å². The third-order valence-electron chi connectivity index (χ3n) is 3.55. The molecule has 1 heterocycles. The molecule has 0 radical (unpaired) electrons. The molecule has 1 saturated heterocycles. The number of hydrogen-bond donors (Lipinski definition) is 1. The second kappa shape index (κ2) is 7.45. The van der Waals surface area contributed by atoms with E-state index in [2.05, 4.69) is 20.8 Å². The number of nitrogens with zero attached hydrogens (tertiary/aromatic N) is 2. The lowest BCUT2D eigenvalue weighted by Gasteiger charge is -2.35. The lowest BCUT2D eigenvalue weighted by atomic mass is 10.1. The lowest BCUT2D eigenvalue weighted by Crippen LogP contribution is -2.48. The number of alkyl halides is 2. The minimum absolute atomic E-state index is 0.150. The number of aliphatic hydroxyl groups is 1. The van der Waals surface area contributed by atoms with Crippen molar-refractivity contribution in [2.45, 2.75) is 12.5 Å². The van der Waals surface area contributed by atoms with Crippen LogP contribution in [0.25, 0.3) is 0 Å². The summed E-state index contributed by atoms with van der Waals surface area (Å²) in [6.07, 6.45) is -2.81. The van der Waals surface area contributed by atoms with Gasteiger partial charge in [0.25, 0.3) is 6.43 Å². The van der Waals surface area contributed by atoms with Gasteiger partial charge in [-0.05, 0) is 17.7 Å². The molecule has 0 unspecified atom stereocenters. The van der Waals surface area contributed by atoms with E-state index in [1.54, 1.807) is 4.90 Å². The third kappa shape index (κ3) is 4.77. The zero-order valence-corrected chi connectivity index (χ0v) is 12.8. The molecule has 6 heteroatoms. The molecule has 1 fully saturated rings. The second-order valence-electron chi connectivity index (χ2n) is 5.06. The molecule has 1 aromatic carbocycles. The molecule has 0 bridgehead atoms. The summed E-state index contributed by atoms with van der Waals surface area (Å²) in [5.41, 5.74) is 0.878. The van der Waals surface area contributed by atoms with E-state index in [0.717, 1.165) is 23.1 Å². The predicted molar refractivity (Wildman–Crippen MR) is 78.0 cm³/mol. The predicted octanol–water partition coefficient (Wildman–Crippen LogP) is 2.37. The Balaban J connectivity index is 1.79. The Morgan fingerprint density at radius 2 is 1.50 bits per heavy atom. The number of hydrogen-bond acceptors (Lipinski definition) is 3. The second-order valence-corrected chi connectivity index (χ2v) is 5.98. The van der Waals surface area contributed by atoms with Crippen molar-refractivity contribution in [1.29, 1.82) is 0 Å². The highest BCUT2D eigenvalue weighted by molar-refractivity contribution is 9.10. The minimum Gasteiger partial charge on any atom is -0.387 e. The quantitative estimate of drug-likeness (QED) is 0.884. The number of β-amino-alcohol motifs (C(OH)–C–C–N with tert-alkyl or cyclic N) is 1. The first-order valence-electron chi connectivity index (χ1n) is 6.71. The summed E-state index contributed by atoms with van der Waals surface area (Å²) in [6, 6.07) is 7.59. The molecule has 1 atom stereocenters. The largest absolute Gasteiger partial charge is 0.387 e. The van der Waals surface area contributed by atoms with Gasteiger partial charge in [0.2, 0.25) is 0 Å². The zero-order valence-electron chi connectivity index (χ0n) is 11.2. The molecule has 1 N–H and O–H groups in total. The van der Waals surface area contributed by atoms with E-state index in [0.29, 0.717) is 19.6 Å². The highest BCUT2D eigenvalue weighted by atomic mass is 79.9. The molecule has 1 aliphatic rings. The molecule has 0 aromatic heterocycles. The van der Waals surface area contributed by atoms with Crippen LogP contribution < -0.4 is 0 Å². The smallest absolute Gasteiger partial charge is 0.251 e. The lowest BCUT2D eigenvalue weighted by molar-refractivity contribution is 0.0385. The number of piperazine rings is 1. The maximum Gasteiger partial charge on any atom is 0.251 e. The van der Waals surface area contributed by atoms with E-state index < -0.39 is 12.5 Å². The first-order valence-corrected chi connectivity index (χ1v) is 7.50. The Hall–Kier alpha value is -0.560. The van der Waals surface area contributed by atoms with Crippen LogP contribution >= 0.6 is 15.9 Å². The van der Waals surface area contributed by atoms with Crippen LogP contribution in [0.4, 0.5) is 8.78 Å². The van der Waals surface area contributed by atoms with Crippen molar-refractivity contribution >= 4 is 15.9 Å². The van der Waals surface area contributed by atoms with Gasteiger partial charge < -0.3 is 5.11 Å². The van der Waals surface area contributed by atoms with Crippen molar-refractivity contribution in [3.05, 3.63) is 34.3 Å². The van der Waals surface area contributed by atoms with Crippen LogP contribution in [-0.2, 0) is 0 Å². The maximum atomic E-state index is 12.3. The van der Waals surface area contributed by atoms with Crippen molar-refractivity contribution in [3.8, 4) is 0 Å². The van der Waals surface area contributed by atoms with Crippen molar-refractivity contribution < 1.29 is 13.9 Å². The Bertz CT molecular complexity index is 408. The van der Waals surface area contributed by atoms with Gasteiger partial charge in [0.1, 0.15) is 0 Å². The van der Waals surface area contributed by atoms with E-state index in [1.807, 2.05) is 24.3 Å². The average Bonchev–Trinajstić information content (AvgIpc) is 2.41. The molecule has 0 spiro atoms. The average molecular weight is 349 g/mol. The molecule has 3 nitrogen and oxygen atoms in total. The third-order valence-corrected chi connectivity index (χ3v) is 4.08. The molecule has 0 aliphatic carbocycles. The normalized spacial score (nSPS) is 19.4. The van der Waals surface area contributed by atoms with Crippen LogP contribution in [-0.4, -0.2) is 60.6 Å². The van der Waals surface area contributed by atoms with Gasteiger partial charge in [-0.2, -0.15) is 0 Å². The molecular formula is C14H19BrF2N2O. The molecular weight excluding hydrogens is 330 g/mol. The van der Waals surface area contributed by atoms with Gasteiger partial charge >= 0.3 is 0 Å². The van der Waals surface area contributed by atoms with Crippen LogP contribution in [0.3, 0.4) is 0 Å². The van der Waals surface area contributed by atoms with Crippen LogP contribution in [0, 0.1) is 0 Å². The molecule has 0 saturated carbocycles. The van der Waals surface area contributed by atoms with Gasteiger partial charge in [-0.3, -0.25) is 9.80 Å². The molecule has 112 valence electrons. The Labute approximate surface area is 126 Å². The SMILES string of the molecule is O[C@H](CN1CCN(CC(F)F)CC1)c1ccc(Br)cc1. The van der Waals surface area contributed by atoms with Crippen LogP contribution in [0.5, 0.6) is 0 Å². The monoisotopic (exact) mass is 348 g/mol. The summed E-state index contributed by atoms with van der Waals surface area (Å²) in [5, 5.41) is 10.2. The first kappa shape index (κ1) is 15.8. The van der Waals surface area contributed by atoms with Crippen LogP contribution in [0.2, 0.25) is 0 Å². The molecule has 1 aliphatic heterocycles.